The van der Waals surface area contributed by atoms with Crippen LogP contribution in [0.2, 0.25) is 0 Å². The van der Waals surface area contributed by atoms with Crippen LogP contribution in [0.1, 0.15) is 22.8 Å². The van der Waals surface area contributed by atoms with Crippen molar-refractivity contribution in [3.05, 3.63) is 71.4 Å². The summed E-state index contributed by atoms with van der Waals surface area (Å²) in [6, 6.07) is 16.1. The highest BCUT2D eigenvalue weighted by Crippen LogP contribution is 2.34. The second kappa shape index (κ2) is 4.86. The van der Waals surface area contributed by atoms with Crippen LogP contribution in [-0.4, -0.2) is 16.6 Å². The van der Waals surface area contributed by atoms with E-state index in [1.165, 1.54) is 5.56 Å². The number of hydrogen-bond acceptors (Lipinski definition) is 3. The maximum Gasteiger partial charge on any atom is 0.108 e. The first-order valence-electron chi connectivity index (χ1n) is 7.21. The van der Waals surface area contributed by atoms with Gasteiger partial charge in [-0.05, 0) is 24.1 Å². The lowest BCUT2D eigenvalue weighted by atomic mass is 9.98. The van der Waals surface area contributed by atoms with Crippen LogP contribution in [0.4, 0.5) is 5.69 Å². The average molecular weight is 276 g/mol. The van der Waals surface area contributed by atoms with Crippen molar-refractivity contribution in [2.75, 3.05) is 11.9 Å². The summed E-state index contributed by atoms with van der Waals surface area (Å²) in [5.74, 6) is 0. The van der Waals surface area contributed by atoms with Gasteiger partial charge in [0.15, 0.2) is 0 Å². The molecule has 21 heavy (non-hydrogen) atoms. The van der Waals surface area contributed by atoms with Gasteiger partial charge in [0.05, 0.1) is 5.52 Å². The SMILES string of the molecule is OC(c1cnc2ccccc2c1)c1cccc2c1NCC2. The normalized spacial score (nSPS) is 14.7. The van der Waals surface area contributed by atoms with Gasteiger partial charge in [0.1, 0.15) is 6.10 Å². The number of aliphatic hydroxyl groups excluding tert-OH is 1. The largest absolute Gasteiger partial charge is 0.384 e. The van der Waals surface area contributed by atoms with E-state index in [4.69, 9.17) is 0 Å². The number of para-hydroxylation sites is 2. The third kappa shape index (κ3) is 2.06. The van der Waals surface area contributed by atoms with Gasteiger partial charge in [-0.2, -0.15) is 0 Å². The second-order valence-corrected chi connectivity index (χ2v) is 5.42. The molecule has 2 aromatic carbocycles. The molecule has 1 atom stereocenters. The number of fused-ring (bicyclic) bond motifs is 2. The lowest BCUT2D eigenvalue weighted by Gasteiger charge is -2.16. The molecule has 1 unspecified atom stereocenters. The molecule has 3 heteroatoms. The Morgan fingerprint density at radius 1 is 1.10 bits per heavy atom. The number of pyridine rings is 1. The van der Waals surface area contributed by atoms with Crippen LogP contribution in [-0.2, 0) is 6.42 Å². The lowest BCUT2D eigenvalue weighted by Crippen LogP contribution is -2.04. The number of aliphatic hydroxyl groups is 1. The Morgan fingerprint density at radius 3 is 2.95 bits per heavy atom. The van der Waals surface area contributed by atoms with Crippen molar-refractivity contribution in [3.63, 3.8) is 0 Å². The predicted molar refractivity (Wildman–Crippen MR) is 84.4 cm³/mol. The van der Waals surface area contributed by atoms with Crippen molar-refractivity contribution in [3.8, 4) is 0 Å². The summed E-state index contributed by atoms with van der Waals surface area (Å²) < 4.78 is 0. The van der Waals surface area contributed by atoms with Crippen LogP contribution in [0.3, 0.4) is 0 Å². The first-order valence-corrected chi connectivity index (χ1v) is 7.21. The number of aromatic nitrogens is 1. The topological polar surface area (TPSA) is 45.2 Å². The molecule has 0 saturated carbocycles. The molecule has 0 fully saturated rings. The summed E-state index contributed by atoms with van der Waals surface area (Å²) in [7, 11) is 0. The third-order valence-electron chi connectivity index (χ3n) is 4.10. The zero-order valence-corrected chi connectivity index (χ0v) is 11.6. The lowest BCUT2D eigenvalue weighted by molar-refractivity contribution is 0.221. The van der Waals surface area contributed by atoms with Crippen molar-refractivity contribution in [2.24, 2.45) is 0 Å². The van der Waals surface area contributed by atoms with Gasteiger partial charge in [-0.1, -0.05) is 36.4 Å². The summed E-state index contributed by atoms with van der Waals surface area (Å²) >= 11 is 0. The molecule has 2 N–H and O–H groups in total. The Labute approximate surface area is 123 Å². The monoisotopic (exact) mass is 276 g/mol. The molecule has 4 rings (SSSR count). The van der Waals surface area contributed by atoms with E-state index >= 15 is 0 Å². The Morgan fingerprint density at radius 2 is 2.00 bits per heavy atom. The number of hydrogen-bond donors (Lipinski definition) is 2. The zero-order chi connectivity index (χ0) is 14.2. The highest BCUT2D eigenvalue weighted by atomic mass is 16.3. The van der Waals surface area contributed by atoms with Crippen LogP contribution < -0.4 is 5.32 Å². The highest BCUT2D eigenvalue weighted by Gasteiger charge is 2.20. The smallest absolute Gasteiger partial charge is 0.108 e. The standard InChI is InChI=1S/C18H16N2O/c21-18(15-6-3-5-12-8-9-19-17(12)15)14-10-13-4-1-2-7-16(13)20-11-14/h1-7,10-11,18-19,21H,8-9H2. The first-order chi connectivity index (χ1) is 10.3. The fourth-order valence-electron chi connectivity index (χ4n) is 3.01. The predicted octanol–water partition coefficient (Wildman–Crippen LogP) is 3.28. The minimum absolute atomic E-state index is 0.650. The molecule has 3 aromatic rings. The number of rotatable bonds is 2. The number of nitrogens with zero attached hydrogens (tertiary/aromatic N) is 1. The molecule has 2 heterocycles. The van der Waals surface area contributed by atoms with Crippen LogP contribution in [0.25, 0.3) is 10.9 Å². The highest BCUT2D eigenvalue weighted by molar-refractivity contribution is 5.79. The van der Waals surface area contributed by atoms with Crippen molar-refractivity contribution in [1.29, 1.82) is 0 Å². The van der Waals surface area contributed by atoms with E-state index in [9.17, 15) is 5.11 Å². The minimum Gasteiger partial charge on any atom is -0.384 e. The van der Waals surface area contributed by atoms with Crippen molar-refractivity contribution in [1.82, 2.24) is 4.98 Å². The summed E-state index contributed by atoms with van der Waals surface area (Å²) in [5, 5.41) is 15.2. The molecule has 0 bridgehead atoms. The van der Waals surface area contributed by atoms with E-state index in [2.05, 4.69) is 16.4 Å². The molecule has 0 amide bonds. The van der Waals surface area contributed by atoms with Crippen molar-refractivity contribution >= 4 is 16.6 Å². The summed E-state index contributed by atoms with van der Waals surface area (Å²) in [6.07, 6.45) is 2.13. The van der Waals surface area contributed by atoms with Gasteiger partial charge in [0, 0.05) is 34.9 Å². The van der Waals surface area contributed by atoms with E-state index in [1.54, 1.807) is 6.20 Å². The van der Waals surface area contributed by atoms with Gasteiger partial charge in [0.2, 0.25) is 0 Å². The van der Waals surface area contributed by atoms with Crippen molar-refractivity contribution in [2.45, 2.75) is 12.5 Å². The summed E-state index contributed by atoms with van der Waals surface area (Å²) in [4.78, 5) is 4.44. The molecule has 1 aliphatic heterocycles. The van der Waals surface area contributed by atoms with E-state index in [0.717, 1.165) is 40.7 Å². The zero-order valence-electron chi connectivity index (χ0n) is 11.6. The second-order valence-electron chi connectivity index (χ2n) is 5.42. The van der Waals surface area contributed by atoms with Gasteiger partial charge in [-0.3, -0.25) is 4.98 Å². The summed E-state index contributed by atoms with van der Waals surface area (Å²) in [6.45, 7) is 0.940. The number of nitrogens with one attached hydrogen (secondary N) is 1. The fraction of sp³-hybridized carbons (Fsp3) is 0.167. The van der Waals surface area contributed by atoms with Gasteiger partial charge < -0.3 is 10.4 Å². The number of anilines is 1. The minimum atomic E-state index is -0.650. The third-order valence-corrected chi connectivity index (χ3v) is 4.10. The molecule has 104 valence electrons. The van der Waals surface area contributed by atoms with E-state index < -0.39 is 6.10 Å². The Kier molecular flexibility index (Phi) is 2.86. The van der Waals surface area contributed by atoms with E-state index in [-0.39, 0.29) is 0 Å². The van der Waals surface area contributed by atoms with Gasteiger partial charge in [-0.25, -0.2) is 0 Å². The van der Waals surface area contributed by atoms with E-state index in [0.29, 0.717) is 0 Å². The molecular weight excluding hydrogens is 260 g/mol. The first kappa shape index (κ1) is 12.4. The molecule has 3 nitrogen and oxygen atoms in total. The van der Waals surface area contributed by atoms with Gasteiger partial charge >= 0.3 is 0 Å². The quantitative estimate of drug-likeness (QED) is 0.755. The molecule has 0 radical (unpaired) electrons. The fourth-order valence-corrected chi connectivity index (χ4v) is 3.01. The molecule has 1 aromatic heterocycles. The number of benzene rings is 2. The van der Waals surface area contributed by atoms with Crippen LogP contribution in [0.5, 0.6) is 0 Å². The molecular formula is C18H16N2O. The Balaban J connectivity index is 1.80. The molecule has 0 spiro atoms. The van der Waals surface area contributed by atoms with Gasteiger partial charge in [0.25, 0.3) is 0 Å². The summed E-state index contributed by atoms with van der Waals surface area (Å²) in [5.41, 5.74) is 5.07. The van der Waals surface area contributed by atoms with Crippen LogP contribution in [0.15, 0.2) is 54.7 Å². The Bertz CT molecular complexity index is 813. The maximum absolute atomic E-state index is 10.7. The molecule has 0 saturated heterocycles. The van der Waals surface area contributed by atoms with Crippen LogP contribution >= 0.6 is 0 Å². The van der Waals surface area contributed by atoms with E-state index in [1.807, 2.05) is 42.5 Å². The van der Waals surface area contributed by atoms with Gasteiger partial charge in [-0.15, -0.1) is 0 Å². The average Bonchev–Trinajstić information content (AvgIpc) is 3.02. The molecule has 0 aliphatic carbocycles. The van der Waals surface area contributed by atoms with Crippen molar-refractivity contribution < 1.29 is 5.11 Å². The molecule has 1 aliphatic rings. The Hall–Kier alpha value is -2.39. The van der Waals surface area contributed by atoms with Crippen LogP contribution in [0, 0.1) is 0 Å². The maximum atomic E-state index is 10.7.